The third-order valence-electron chi connectivity index (χ3n) is 6.32. The lowest BCUT2D eigenvalue weighted by Crippen LogP contribution is -2.50. The molecule has 1 aliphatic carbocycles. The Morgan fingerprint density at radius 1 is 0.600 bits per heavy atom. The highest BCUT2D eigenvalue weighted by Gasteiger charge is 2.48. The van der Waals surface area contributed by atoms with Crippen molar-refractivity contribution in [2.45, 2.75) is 11.6 Å². The van der Waals surface area contributed by atoms with Crippen LogP contribution in [0.2, 0.25) is 0 Å². The molecule has 35 heavy (non-hydrogen) atoms. The average Bonchev–Trinajstić information content (AvgIpc) is 2.90. The molecule has 0 spiro atoms. The molecule has 0 heterocycles. The van der Waals surface area contributed by atoms with E-state index >= 15 is 0 Å². The van der Waals surface area contributed by atoms with Gasteiger partial charge in [0.15, 0.2) is 5.66 Å². The molecule has 2 atom stereocenters. The Bertz CT molecular complexity index is 1390. The molecule has 5 rings (SSSR count). The van der Waals surface area contributed by atoms with E-state index in [1.165, 1.54) is 0 Å². The van der Waals surface area contributed by atoms with Crippen LogP contribution in [0.1, 0.15) is 22.6 Å². The molecule has 4 aromatic carbocycles. The first-order chi connectivity index (χ1) is 17.1. The van der Waals surface area contributed by atoms with Gasteiger partial charge in [0.25, 0.3) is 0 Å². The molecule has 0 saturated heterocycles. The molecule has 0 aromatic heterocycles. The van der Waals surface area contributed by atoms with Crippen LogP contribution in [0.15, 0.2) is 143 Å². The summed E-state index contributed by atoms with van der Waals surface area (Å²) in [5.74, 6) is -0.492. The third-order valence-corrected chi connectivity index (χ3v) is 6.32. The number of rotatable bonds is 5. The quantitative estimate of drug-likeness (QED) is 0.322. The van der Waals surface area contributed by atoms with E-state index in [0.29, 0.717) is 22.7 Å². The van der Waals surface area contributed by atoms with Gasteiger partial charge in [-0.2, -0.15) is 10.2 Å². The summed E-state index contributed by atoms with van der Waals surface area (Å²) < 4.78 is 0. The first-order valence-electron chi connectivity index (χ1n) is 11.5. The van der Waals surface area contributed by atoms with Crippen LogP contribution in [0.5, 0.6) is 0 Å². The van der Waals surface area contributed by atoms with Gasteiger partial charge in [-0.1, -0.05) is 109 Å². The molecule has 1 aliphatic rings. The number of hydrogen-bond donors (Lipinski definition) is 3. The SMILES string of the molecule is NC1=C(c2ccccc2)C(N)(N=Nc2ccccc2)C(c2ccccc2)C(N)=C1c1ccccc1. The maximum Gasteiger partial charge on any atom is 0.170 e. The molecule has 5 nitrogen and oxygen atoms in total. The number of allylic oxidation sites excluding steroid dienone is 1. The summed E-state index contributed by atoms with van der Waals surface area (Å²) in [5, 5.41) is 9.33. The molecule has 172 valence electrons. The first kappa shape index (κ1) is 22.3. The lowest BCUT2D eigenvalue weighted by Gasteiger charge is -2.41. The van der Waals surface area contributed by atoms with Crippen LogP contribution in [0, 0.1) is 0 Å². The maximum absolute atomic E-state index is 7.27. The largest absolute Gasteiger partial charge is 0.401 e. The van der Waals surface area contributed by atoms with Gasteiger partial charge < -0.3 is 17.2 Å². The molecule has 0 saturated carbocycles. The van der Waals surface area contributed by atoms with Crippen LogP contribution in [0.25, 0.3) is 11.1 Å². The van der Waals surface area contributed by atoms with E-state index in [0.717, 1.165) is 22.3 Å². The standard InChI is InChI=1S/C30H27N5/c31-28-25(21-13-5-1-6-14-21)29(32)27(23-17-9-3-10-18-23)30(33,26(28)22-15-7-2-8-16-22)35-34-24-19-11-4-12-20-24/h1-20,26H,31-33H2. The van der Waals surface area contributed by atoms with E-state index in [-0.39, 0.29) is 0 Å². The summed E-state index contributed by atoms with van der Waals surface area (Å²) in [7, 11) is 0. The normalized spacial score (nSPS) is 20.4. The summed E-state index contributed by atoms with van der Waals surface area (Å²) in [5.41, 5.74) is 25.8. The Morgan fingerprint density at radius 2 is 1.09 bits per heavy atom. The van der Waals surface area contributed by atoms with Gasteiger partial charge in [-0.05, 0) is 28.8 Å². The second-order valence-corrected chi connectivity index (χ2v) is 8.56. The zero-order chi connectivity index (χ0) is 24.3. The minimum atomic E-state index is -1.34. The molecule has 0 amide bonds. The minimum absolute atomic E-state index is 0.492. The van der Waals surface area contributed by atoms with Crippen LogP contribution in [0.4, 0.5) is 5.69 Å². The molecule has 0 aliphatic heterocycles. The first-order valence-corrected chi connectivity index (χ1v) is 11.5. The molecule has 4 aromatic rings. The van der Waals surface area contributed by atoms with Gasteiger partial charge in [0.05, 0.1) is 11.6 Å². The van der Waals surface area contributed by atoms with Crippen LogP contribution in [0.3, 0.4) is 0 Å². The van der Waals surface area contributed by atoms with Gasteiger partial charge in [0, 0.05) is 22.5 Å². The van der Waals surface area contributed by atoms with Crippen molar-refractivity contribution in [3.05, 3.63) is 149 Å². The van der Waals surface area contributed by atoms with Crippen LogP contribution >= 0.6 is 0 Å². The molecule has 5 heteroatoms. The van der Waals surface area contributed by atoms with Gasteiger partial charge in [-0.15, -0.1) is 0 Å². The lowest BCUT2D eigenvalue weighted by molar-refractivity contribution is 0.469. The van der Waals surface area contributed by atoms with Crippen LogP contribution in [-0.2, 0) is 0 Å². The van der Waals surface area contributed by atoms with E-state index in [1.54, 1.807) is 0 Å². The Hall–Kier alpha value is -4.48. The number of azo groups is 1. The maximum atomic E-state index is 7.27. The average molecular weight is 458 g/mol. The molecule has 0 radical (unpaired) electrons. The van der Waals surface area contributed by atoms with Crippen molar-refractivity contribution in [3.63, 3.8) is 0 Å². The number of benzene rings is 4. The minimum Gasteiger partial charge on any atom is -0.401 e. The van der Waals surface area contributed by atoms with Gasteiger partial charge in [0.2, 0.25) is 0 Å². The smallest absolute Gasteiger partial charge is 0.170 e. The Balaban J connectivity index is 1.82. The van der Waals surface area contributed by atoms with Crippen molar-refractivity contribution in [1.29, 1.82) is 0 Å². The van der Waals surface area contributed by atoms with E-state index < -0.39 is 11.6 Å². The highest BCUT2D eigenvalue weighted by atomic mass is 15.2. The highest BCUT2D eigenvalue weighted by molar-refractivity contribution is 5.96. The summed E-state index contributed by atoms with van der Waals surface area (Å²) in [4.78, 5) is 0. The van der Waals surface area contributed by atoms with E-state index in [1.807, 2.05) is 121 Å². The summed E-state index contributed by atoms with van der Waals surface area (Å²) in [6.45, 7) is 0. The molecule has 2 unspecified atom stereocenters. The van der Waals surface area contributed by atoms with Crippen molar-refractivity contribution in [2.24, 2.45) is 27.4 Å². The molecule has 0 fully saturated rings. The predicted octanol–water partition coefficient (Wildman–Crippen LogP) is 5.96. The number of hydrogen-bond acceptors (Lipinski definition) is 5. The number of nitrogens with zero attached hydrogens (tertiary/aromatic N) is 2. The van der Waals surface area contributed by atoms with Gasteiger partial charge in [0.1, 0.15) is 0 Å². The molecular formula is C30H27N5. The zero-order valence-corrected chi connectivity index (χ0v) is 19.3. The summed E-state index contributed by atoms with van der Waals surface area (Å²) >= 11 is 0. The van der Waals surface area contributed by atoms with E-state index in [2.05, 4.69) is 5.11 Å². The van der Waals surface area contributed by atoms with E-state index in [4.69, 9.17) is 22.3 Å². The monoisotopic (exact) mass is 457 g/mol. The summed E-state index contributed by atoms with van der Waals surface area (Å²) in [6.07, 6.45) is 0. The summed E-state index contributed by atoms with van der Waals surface area (Å²) in [6, 6.07) is 39.3. The fourth-order valence-corrected chi connectivity index (χ4v) is 4.76. The topological polar surface area (TPSA) is 103 Å². The highest BCUT2D eigenvalue weighted by Crippen LogP contribution is 2.50. The molecule has 6 N–H and O–H groups in total. The van der Waals surface area contributed by atoms with Crippen molar-refractivity contribution in [1.82, 2.24) is 0 Å². The third kappa shape index (κ3) is 4.14. The van der Waals surface area contributed by atoms with Crippen LogP contribution in [-0.4, -0.2) is 5.66 Å². The zero-order valence-electron chi connectivity index (χ0n) is 19.3. The lowest BCUT2D eigenvalue weighted by atomic mass is 9.70. The second kappa shape index (κ2) is 9.41. The Morgan fingerprint density at radius 3 is 1.66 bits per heavy atom. The second-order valence-electron chi connectivity index (χ2n) is 8.56. The number of nitrogens with two attached hydrogens (primary N) is 3. The van der Waals surface area contributed by atoms with E-state index in [9.17, 15) is 0 Å². The Kier molecular flexibility index (Phi) is 6.00. The fraction of sp³-hybridized carbons (Fsp3) is 0.0667. The van der Waals surface area contributed by atoms with Crippen molar-refractivity contribution < 1.29 is 0 Å². The van der Waals surface area contributed by atoms with Gasteiger partial charge in [-0.25, -0.2) is 0 Å². The molecular weight excluding hydrogens is 430 g/mol. The predicted molar refractivity (Wildman–Crippen MR) is 142 cm³/mol. The van der Waals surface area contributed by atoms with Crippen molar-refractivity contribution in [2.75, 3.05) is 0 Å². The van der Waals surface area contributed by atoms with Crippen molar-refractivity contribution in [3.8, 4) is 0 Å². The Labute approximate surface area is 205 Å². The fourth-order valence-electron chi connectivity index (χ4n) is 4.76. The van der Waals surface area contributed by atoms with Crippen LogP contribution < -0.4 is 17.2 Å². The van der Waals surface area contributed by atoms with Crippen molar-refractivity contribution >= 4 is 16.8 Å². The molecule has 0 bridgehead atoms. The van der Waals surface area contributed by atoms with Gasteiger partial charge in [-0.3, -0.25) is 0 Å². The van der Waals surface area contributed by atoms with Gasteiger partial charge >= 0.3 is 0 Å².